The van der Waals surface area contributed by atoms with Crippen LogP contribution in [0.5, 0.6) is 0 Å². The molecule has 0 fully saturated rings. The summed E-state index contributed by atoms with van der Waals surface area (Å²) in [6.45, 7) is 12.0. The monoisotopic (exact) mass is 305 g/mol. The second-order valence-electron chi connectivity index (χ2n) is 5.18. The van der Waals surface area contributed by atoms with Crippen LogP contribution < -0.4 is 4.90 Å². The fourth-order valence-electron chi connectivity index (χ4n) is 2.09. The number of hydrogen-bond acceptors (Lipinski definition) is 1. The van der Waals surface area contributed by atoms with E-state index in [9.17, 15) is 0 Å². The Morgan fingerprint density at radius 1 is 0.957 bits per heavy atom. The number of allylic oxidation sites excluding steroid dienone is 10. The maximum Gasteiger partial charge on any atom is 0.0458 e. The lowest BCUT2D eigenvalue weighted by Crippen LogP contribution is -2.19. The van der Waals surface area contributed by atoms with Crippen molar-refractivity contribution in [3.8, 4) is 0 Å². The largest absolute Gasteiger partial charge is 0.315 e. The molecule has 0 N–H and O–H groups in total. The zero-order valence-electron chi connectivity index (χ0n) is 14.7. The maximum absolute atomic E-state index is 3.71. The SMILES string of the molecule is C=C/C=C\C=C(/C)N(C(/C=C\C(C)=C/C)=C/C)c1ccccc1. The molecule has 0 amide bonds. The highest BCUT2D eigenvalue weighted by Gasteiger charge is 2.10. The number of rotatable bonds is 7. The Morgan fingerprint density at radius 3 is 2.22 bits per heavy atom. The molecule has 0 saturated heterocycles. The molecule has 0 saturated carbocycles. The number of anilines is 1. The summed E-state index contributed by atoms with van der Waals surface area (Å²) < 4.78 is 0. The third kappa shape index (κ3) is 5.99. The van der Waals surface area contributed by atoms with Crippen LogP contribution in [-0.2, 0) is 0 Å². The number of benzene rings is 1. The topological polar surface area (TPSA) is 3.24 Å². The lowest BCUT2D eigenvalue weighted by Gasteiger charge is -2.26. The van der Waals surface area contributed by atoms with Gasteiger partial charge in [0, 0.05) is 17.1 Å². The van der Waals surface area contributed by atoms with Crippen LogP contribution in [0.1, 0.15) is 27.7 Å². The molecule has 0 spiro atoms. The van der Waals surface area contributed by atoms with Crippen LogP contribution >= 0.6 is 0 Å². The van der Waals surface area contributed by atoms with Crippen LogP contribution in [0.15, 0.2) is 102 Å². The van der Waals surface area contributed by atoms with E-state index in [0.29, 0.717) is 0 Å². The Bertz CT molecular complexity index is 640. The first-order valence-electron chi connectivity index (χ1n) is 7.92. The molecule has 1 aromatic carbocycles. The Labute approximate surface area is 141 Å². The van der Waals surface area contributed by atoms with Gasteiger partial charge in [-0.15, -0.1) is 0 Å². The lowest BCUT2D eigenvalue weighted by molar-refractivity contribution is 1.09. The highest BCUT2D eigenvalue weighted by Crippen LogP contribution is 2.25. The standard InChI is InChI=1S/C22H27N/c1-6-9-11-14-20(5)23(22-15-12-10-13-16-22)21(8-3)18-17-19(4)7-2/h6-18H,1H2,2-5H3/b11-9-,18-17-,19-7-,20-14+,21-8+. The average Bonchev–Trinajstić information content (AvgIpc) is 2.59. The molecule has 0 aliphatic rings. The first-order valence-corrected chi connectivity index (χ1v) is 7.92. The van der Waals surface area contributed by atoms with E-state index >= 15 is 0 Å². The molecule has 0 aromatic heterocycles. The van der Waals surface area contributed by atoms with E-state index < -0.39 is 0 Å². The summed E-state index contributed by atoms with van der Waals surface area (Å²) in [6, 6.07) is 10.4. The minimum atomic E-state index is 1.14. The predicted molar refractivity (Wildman–Crippen MR) is 104 cm³/mol. The van der Waals surface area contributed by atoms with Crippen LogP contribution in [0.2, 0.25) is 0 Å². The lowest BCUT2D eigenvalue weighted by atomic mass is 10.2. The van der Waals surface area contributed by atoms with Crippen molar-refractivity contribution in [2.24, 2.45) is 0 Å². The number of hydrogen-bond donors (Lipinski definition) is 0. The maximum atomic E-state index is 3.71. The molecule has 120 valence electrons. The summed E-state index contributed by atoms with van der Waals surface area (Å²) in [4.78, 5) is 2.24. The van der Waals surface area contributed by atoms with E-state index in [0.717, 1.165) is 17.1 Å². The normalized spacial score (nSPS) is 13.8. The summed E-state index contributed by atoms with van der Waals surface area (Å²) in [7, 11) is 0. The van der Waals surface area contributed by atoms with Crippen molar-refractivity contribution in [1.82, 2.24) is 0 Å². The molecule has 0 aliphatic heterocycles. The molecule has 1 aromatic rings. The van der Waals surface area contributed by atoms with E-state index in [1.54, 1.807) is 6.08 Å². The van der Waals surface area contributed by atoms with Gasteiger partial charge < -0.3 is 4.90 Å². The van der Waals surface area contributed by atoms with E-state index in [2.05, 4.69) is 93.8 Å². The summed E-state index contributed by atoms with van der Waals surface area (Å²) in [5.41, 5.74) is 4.66. The van der Waals surface area contributed by atoms with Crippen molar-refractivity contribution in [3.05, 3.63) is 102 Å². The minimum Gasteiger partial charge on any atom is -0.315 e. The van der Waals surface area contributed by atoms with Crippen LogP contribution in [0.3, 0.4) is 0 Å². The number of para-hydroxylation sites is 1. The van der Waals surface area contributed by atoms with Crippen molar-refractivity contribution in [2.45, 2.75) is 27.7 Å². The summed E-state index contributed by atoms with van der Waals surface area (Å²) in [5, 5.41) is 0. The zero-order valence-corrected chi connectivity index (χ0v) is 14.7. The fourth-order valence-corrected chi connectivity index (χ4v) is 2.09. The van der Waals surface area contributed by atoms with Gasteiger partial charge in [0.2, 0.25) is 0 Å². The second kappa shape index (κ2) is 10.2. The predicted octanol–water partition coefficient (Wildman–Crippen LogP) is 6.57. The van der Waals surface area contributed by atoms with Gasteiger partial charge in [-0.05, 0) is 52.0 Å². The van der Waals surface area contributed by atoms with Gasteiger partial charge in [0.05, 0.1) is 0 Å². The Hall–Kier alpha value is -2.54. The summed E-state index contributed by atoms with van der Waals surface area (Å²) in [6.07, 6.45) is 16.3. The van der Waals surface area contributed by atoms with Crippen molar-refractivity contribution in [1.29, 1.82) is 0 Å². The van der Waals surface area contributed by atoms with E-state index in [1.807, 2.05) is 18.2 Å². The van der Waals surface area contributed by atoms with Crippen LogP contribution in [-0.4, -0.2) is 0 Å². The van der Waals surface area contributed by atoms with Crippen molar-refractivity contribution < 1.29 is 0 Å². The summed E-state index contributed by atoms with van der Waals surface area (Å²) >= 11 is 0. The van der Waals surface area contributed by atoms with Crippen molar-refractivity contribution in [2.75, 3.05) is 4.90 Å². The van der Waals surface area contributed by atoms with Crippen LogP contribution in [0.4, 0.5) is 5.69 Å². The molecular weight excluding hydrogens is 278 g/mol. The van der Waals surface area contributed by atoms with E-state index in [4.69, 9.17) is 0 Å². The van der Waals surface area contributed by atoms with Gasteiger partial charge in [-0.25, -0.2) is 0 Å². The molecule has 0 aliphatic carbocycles. The molecule has 1 rings (SSSR count). The second-order valence-corrected chi connectivity index (χ2v) is 5.18. The van der Waals surface area contributed by atoms with Gasteiger partial charge in [0.25, 0.3) is 0 Å². The molecule has 1 heteroatoms. The summed E-state index contributed by atoms with van der Waals surface area (Å²) in [5.74, 6) is 0. The minimum absolute atomic E-state index is 1.14. The zero-order chi connectivity index (χ0) is 17.1. The van der Waals surface area contributed by atoms with E-state index in [-0.39, 0.29) is 0 Å². The Balaban J connectivity index is 3.28. The Kier molecular flexibility index (Phi) is 8.23. The van der Waals surface area contributed by atoms with Crippen molar-refractivity contribution >= 4 is 5.69 Å². The Morgan fingerprint density at radius 2 is 1.65 bits per heavy atom. The first kappa shape index (κ1) is 18.5. The third-order valence-electron chi connectivity index (χ3n) is 3.48. The van der Waals surface area contributed by atoms with Crippen LogP contribution in [0, 0.1) is 0 Å². The smallest absolute Gasteiger partial charge is 0.0458 e. The highest BCUT2D eigenvalue weighted by molar-refractivity contribution is 5.60. The van der Waals surface area contributed by atoms with Gasteiger partial charge in [-0.3, -0.25) is 0 Å². The molecule has 1 nitrogen and oxygen atoms in total. The van der Waals surface area contributed by atoms with Crippen LogP contribution in [0.25, 0.3) is 0 Å². The van der Waals surface area contributed by atoms with E-state index in [1.165, 1.54) is 5.57 Å². The van der Waals surface area contributed by atoms with Gasteiger partial charge >= 0.3 is 0 Å². The van der Waals surface area contributed by atoms with Crippen molar-refractivity contribution in [3.63, 3.8) is 0 Å². The molecule has 0 heterocycles. The number of nitrogens with zero attached hydrogens (tertiary/aromatic N) is 1. The molecule has 0 radical (unpaired) electrons. The highest BCUT2D eigenvalue weighted by atomic mass is 15.1. The fraction of sp³-hybridized carbons (Fsp3) is 0.182. The first-order chi connectivity index (χ1) is 11.1. The molecule has 23 heavy (non-hydrogen) atoms. The molecule has 0 bridgehead atoms. The molecule has 0 unspecified atom stereocenters. The van der Waals surface area contributed by atoms with Gasteiger partial charge in [-0.1, -0.05) is 66.8 Å². The molecule has 0 atom stereocenters. The average molecular weight is 305 g/mol. The van der Waals surface area contributed by atoms with Gasteiger partial charge in [0.1, 0.15) is 0 Å². The van der Waals surface area contributed by atoms with Gasteiger partial charge in [-0.2, -0.15) is 0 Å². The van der Waals surface area contributed by atoms with Gasteiger partial charge in [0.15, 0.2) is 0 Å². The molecular formula is C22H27N. The third-order valence-corrected chi connectivity index (χ3v) is 3.48. The quantitative estimate of drug-likeness (QED) is 0.515.